The van der Waals surface area contributed by atoms with Gasteiger partial charge in [0.1, 0.15) is 5.75 Å². The fourth-order valence-corrected chi connectivity index (χ4v) is 1.33. The van der Waals surface area contributed by atoms with Gasteiger partial charge in [-0.1, -0.05) is 23.7 Å². The fraction of sp³-hybridized carbons (Fsp3) is 0.273. The van der Waals surface area contributed by atoms with Crippen molar-refractivity contribution in [3.8, 4) is 5.75 Å². The van der Waals surface area contributed by atoms with Crippen LogP contribution in [0.1, 0.15) is 12.0 Å². The minimum absolute atomic E-state index is 0.575. The lowest BCUT2D eigenvalue weighted by Crippen LogP contribution is -1.97. The van der Waals surface area contributed by atoms with Crippen LogP contribution in [0.25, 0.3) is 6.08 Å². The summed E-state index contributed by atoms with van der Waals surface area (Å²) in [6.45, 7) is 0.575. The molecule has 0 spiro atoms. The van der Waals surface area contributed by atoms with Crippen LogP contribution >= 0.6 is 11.6 Å². The highest BCUT2D eigenvalue weighted by Crippen LogP contribution is 2.16. The highest BCUT2D eigenvalue weighted by molar-refractivity contribution is 6.31. The second-order valence-electron chi connectivity index (χ2n) is 2.90. The SMILES string of the molecule is COc1ccc(C=C(Cl)CCN)cc1. The Bertz CT molecular complexity index is 306. The van der Waals surface area contributed by atoms with Gasteiger partial charge in [-0.25, -0.2) is 0 Å². The number of ether oxygens (including phenoxy) is 1. The molecule has 0 radical (unpaired) electrons. The average molecular weight is 212 g/mol. The van der Waals surface area contributed by atoms with Gasteiger partial charge in [-0.05, 0) is 36.7 Å². The lowest BCUT2D eigenvalue weighted by Gasteiger charge is -2.00. The number of nitrogens with two attached hydrogens (primary N) is 1. The van der Waals surface area contributed by atoms with Gasteiger partial charge in [-0.15, -0.1) is 0 Å². The molecule has 0 unspecified atom stereocenters. The molecular formula is C11H14ClNO. The molecule has 3 heteroatoms. The van der Waals surface area contributed by atoms with Gasteiger partial charge in [-0.3, -0.25) is 0 Å². The largest absolute Gasteiger partial charge is 0.497 e. The van der Waals surface area contributed by atoms with Crippen LogP contribution in [0.4, 0.5) is 0 Å². The summed E-state index contributed by atoms with van der Waals surface area (Å²) in [4.78, 5) is 0. The maximum Gasteiger partial charge on any atom is 0.118 e. The molecule has 0 amide bonds. The second kappa shape index (κ2) is 5.68. The molecular weight excluding hydrogens is 198 g/mol. The van der Waals surface area contributed by atoms with Crippen LogP contribution in [0, 0.1) is 0 Å². The monoisotopic (exact) mass is 211 g/mol. The molecule has 0 aliphatic heterocycles. The molecule has 0 bridgehead atoms. The highest BCUT2D eigenvalue weighted by Gasteiger charge is 1.93. The zero-order valence-electron chi connectivity index (χ0n) is 8.16. The third-order valence-corrected chi connectivity index (χ3v) is 2.12. The van der Waals surface area contributed by atoms with Crippen molar-refractivity contribution in [2.75, 3.05) is 13.7 Å². The molecule has 0 heterocycles. The Kier molecular flexibility index (Phi) is 4.50. The maximum absolute atomic E-state index is 5.94. The van der Waals surface area contributed by atoms with Gasteiger partial charge in [-0.2, -0.15) is 0 Å². The number of halogens is 1. The van der Waals surface area contributed by atoms with E-state index < -0.39 is 0 Å². The smallest absolute Gasteiger partial charge is 0.118 e. The van der Waals surface area contributed by atoms with Crippen molar-refractivity contribution < 1.29 is 4.74 Å². The third-order valence-electron chi connectivity index (χ3n) is 1.82. The molecule has 0 saturated carbocycles. The molecule has 0 saturated heterocycles. The van der Waals surface area contributed by atoms with Crippen LogP contribution in [0.3, 0.4) is 0 Å². The Morgan fingerprint density at radius 3 is 2.57 bits per heavy atom. The van der Waals surface area contributed by atoms with Crippen LogP contribution in [0.15, 0.2) is 29.3 Å². The number of hydrogen-bond acceptors (Lipinski definition) is 2. The summed E-state index contributed by atoms with van der Waals surface area (Å²) in [7, 11) is 1.65. The quantitative estimate of drug-likeness (QED) is 0.831. The maximum atomic E-state index is 5.94. The normalized spacial score (nSPS) is 11.5. The van der Waals surface area contributed by atoms with Crippen molar-refractivity contribution in [1.82, 2.24) is 0 Å². The van der Waals surface area contributed by atoms with Gasteiger partial charge in [0.15, 0.2) is 0 Å². The number of hydrogen-bond donors (Lipinski definition) is 1. The van der Waals surface area contributed by atoms with E-state index in [4.69, 9.17) is 22.1 Å². The molecule has 0 fully saturated rings. The first-order chi connectivity index (χ1) is 6.76. The van der Waals surface area contributed by atoms with Gasteiger partial charge in [0.05, 0.1) is 7.11 Å². The lowest BCUT2D eigenvalue weighted by molar-refractivity contribution is 0.415. The molecule has 0 aliphatic carbocycles. The molecule has 76 valence electrons. The van der Waals surface area contributed by atoms with E-state index in [1.807, 2.05) is 30.3 Å². The van der Waals surface area contributed by atoms with Crippen LogP contribution in [-0.2, 0) is 0 Å². The first-order valence-corrected chi connectivity index (χ1v) is 4.84. The predicted molar refractivity (Wildman–Crippen MR) is 60.5 cm³/mol. The van der Waals surface area contributed by atoms with Crippen molar-refractivity contribution in [3.63, 3.8) is 0 Å². The van der Waals surface area contributed by atoms with Gasteiger partial charge in [0, 0.05) is 5.03 Å². The molecule has 2 nitrogen and oxygen atoms in total. The Morgan fingerprint density at radius 2 is 2.07 bits per heavy atom. The summed E-state index contributed by atoms with van der Waals surface area (Å²) < 4.78 is 5.05. The van der Waals surface area contributed by atoms with E-state index in [0.29, 0.717) is 13.0 Å². The van der Waals surface area contributed by atoms with Crippen molar-refractivity contribution in [3.05, 3.63) is 34.9 Å². The standard InChI is InChI=1S/C11H14ClNO/c1-14-11-4-2-9(3-5-11)8-10(12)6-7-13/h2-5,8H,6-7,13H2,1H3. The third kappa shape index (κ3) is 3.40. The summed E-state index contributed by atoms with van der Waals surface area (Å²) in [5, 5.41) is 0.776. The fourth-order valence-electron chi connectivity index (χ4n) is 1.09. The number of rotatable bonds is 4. The van der Waals surface area contributed by atoms with E-state index in [1.54, 1.807) is 7.11 Å². The number of benzene rings is 1. The topological polar surface area (TPSA) is 35.2 Å². The van der Waals surface area contributed by atoms with Gasteiger partial charge in [0.25, 0.3) is 0 Å². The Labute approximate surface area is 89.3 Å². The summed E-state index contributed by atoms with van der Waals surface area (Å²) in [6.07, 6.45) is 2.63. The van der Waals surface area contributed by atoms with Gasteiger partial charge < -0.3 is 10.5 Å². The molecule has 1 aromatic carbocycles. The van der Waals surface area contributed by atoms with E-state index in [1.165, 1.54) is 0 Å². The minimum Gasteiger partial charge on any atom is -0.497 e. The highest BCUT2D eigenvalue weighted by atomic mass is 35.5. The molecule has 0 atom stereocenters. The van der Waals surface area contributed by atoms with Crippen LogP contribution in [-0.4, -0.2) is 13.7 Å². The predicted octanol–water partition coefficient (Wildman–Crippen LogP) is 2.62. The molecule has 1 aromatic rings. The van der Waals surface area contributed by atoms with Gasteiger partial charge >= 0.3 is 0 Å². The van der Waals surface area contributed by atoms with E-state index in [-0.39, 0.29) is 0 Å². The summed E-state index contributed by atoms with van der Waals surface area (Å²) >= 11 is 5.94. The molecule has 0 aliphatic rings. The van der Waals surface area contributed by atoms with Crippen molar-refractivity contribution in [2.45, 2.75) is 6.42 Å². The van der Waals surface area contributed by atoms with Crippen molar-refractivity contribution in [2.24, 2.45) is 5.73 Å². The Morgan fingerprint density at radius 1 is 1.43 bits per heavy atom. The molecule has 0 aromatic heterocycles. The molecule has 2 N–H and O–H groups in total. The summed E-state index contributed by atoms with van der Waals surface area (Å²) in [5.74, 6) is 0.845. The Hall–Kier alpha value is -0.990. The van der Waals surface area contributed by atoms with E-state index >= 15 is 0 Å². The van der Waals surface area contributed by atoms with Crippen LogP contribution in [0.2, 0.25) is 0 Å². The van der Waals surface area contributed by atoms with E-state index in [2.05, 4.69) is 0 Å². The van der Waals surface area contributed by atoms with Crippen molar-refractivity contribution >= 4 is 17.7 Å². The average Bonchev–Trinajstić information content (AvgIpc) is 2.19. The Balaban J connectivity index is 2.72. The summed E-state index contributed by atoms with van der Waals surface area (Å²) in [5.41, 5.74) is 6.44. The summed E-state index contributed by atoms with van der Waals surface area (Å²) in [6, 6.07) is 7.71. The minimum atomic E-state index is 0.575. The van der Waals surface area contributed by atoms with Gasteiger partial charge in [0.2, 0.25) is 0 Å². The zero-order chi connectivity index (χ0) is 10.4. The molecule has 1 rings (SSSR count). The van der Waals surface area contributed by atoms with Crippen molar-refractivity contribution in [1.29, 1.82) is 0 Å². The lowest BCUT2D eigenvalue weighted by atomic mass is 10.2. The van der Waals surface area contributed by atoms with E-state index in [9.17, 15) is 0 Å². The molecule has 14 heavy (non-hydrogen) atoms. The van der Waals surface area contributed by atoms with Crippen LogP contribution < -0.4 is 10.5 Å². The van der Waals surface area contributed by atoms with E-state index in [0.717, 1.165) is 16.3 Å². The zero-order valence-corrected chi connectivity index (χ0v) is 8.92. The number of methoxy groups -OCH3 is 1. The van der Waals surface area contributed by atoms with Crippen LogP contribution in [0.5, 0.6) is 5.75 Å². The first-order valence-electron chi connectivity index (χ1n) is 4.46. The second-order valence-corrected chi connectivity index (χ2v) is 3.39. The first kappa shape index (κ1) is 11.1.